The van der Waals surface area contributed by atoms with Crippen LogP contribution in [0.4, 0.5) is 0 Å². The van der Waals surface area contributed by atoms with Crippen molar-refractivity contribution in [2.75, 3.05) is 0 Å². The van der Waals surface area contributed by atoms with Crippen LogP contribution in [0.5, 0.6) is 5.75 Å². The molecule has 22 heavy (non-hydrogen) atoms. The number of aryl methyl sites for hydroxylation is 1. The Balaban J connectivity index is 1.76. The Hall–Kier alpha value is -2.41. The molecule has 118 valence electrons. The van der Waals surface area contributed by atoms with Gasteiger partial charge in [-0.15, -0.1) is 0 Å². The summed E-state index contributed by atoms with van der Waals surface area (Å²) in [6.45, 7) is 2.37. The molecule has 2 aromatic rings. The second kappa shape index (κ2) is 7.56. The van der Waals surface area contributed by atoms with Crippen molar-refractivity contribution >= 4 is 5.91 Å². The Bertz CT molecular complexity index is 583. The van der Waals surface area contributed by atoms with Crippen LogP contribution >= 0.6 is 0 Å². The van der Waals surface area contributed by atoms with Crippen LogP contribution in [0, 0.1) is 0 Å². The summed E-state index contributed by atoms with van der Waals surface area (Å²) in [6.07, 6.45) is 3.24. The minimum atomic E-state index is -0.820. The third-order valence-electron chi connectivity index (χ3n) is 3.35. The van der Waals surface area contributed by atoms with Crippen molar-refractivity contribution < 1.29 is 15.0 Å². The smallest absolute Gasteiger partial charge is 0.220 e. The number of carbonyl (C=O) groups excluding carboxylic acids is 1. The lowest BCUT2D eigenvalue weighted by Gasteiger charge is -2.20. The highest BCUT2D eigenvalue weighted by molar-refractivity contribution is 5.76. The number of benzene rings is 1. The molecule has 1 aromatic carbocycles. The number of carbonyl (C=O) groups is 1. The molecule has 3 N–H and O–H groups in total. The zero-order valence-corrected chi connectivity index (χ0v) is 12.4. The third-order valence-corrected chi connectivity index (χ3v) is 3.35. The van der Waals surface area contributed by atoms with Crippen LogP contribution in [0.15, 0.2) is 36.9 Å². The number of phenolic OH excluding ortho intramolecular Hbond substituents is 1. The van der Waals surface area contributed by atoms with Crippen molar-refractivity contribution in [3.63, 3.8) is 0 Å². The summed E-state index contributed by atoms with van der Waals surface area (Å²) in [4.78, 5) is 15.7. The lowest BCUT2D eigenvalue weighted by Crippen LogP contribution is -2.37. The van der Waals surface area contributed by atoms with Gasteiger partial charge in [0, 0.05) is 13.0 Å². The van der Waals surface area contributed by atoms with Crippen molar-refractivity contribution in [1.82, 2.24) is 20.1 Å². The van der Waals surface area contributed by atoms with E-state index in [1.54, 1.807) is 30.1 Å². The molecule has 2 unspecified atom stereocenters. The van der Waals surface area contributed by atoms with Crippen molar-refractivity contribution in [2.24, 2.45) is 0 Å². The second-order valence-electron chi connectivity index (χ2n) is 5.15. The van der Waals surface area contributed by atoms with Crippen LogP contribution in [0.2, 0.25) is 0 Å². The van der Waals surface area contributed by atoms with Gasteiger partial charge < -0.3 is 15.5 Å². The molecule has 0 saturated heterocycles. The van der Waals surface area contributed by atoms with Gasteiger partial charge >= 0.3 is 0 Å². The highest BCUT2D eigenvalue weighted by Gasteiger charge is 2.18. The molecule has 0 aliphatic carbocycles. The van der Waals surface area contributed by atoms with E-state index in [1.807, 2.05) is 0 Å². The molecule has 0 aliphatic rings. The van der Waals surface area contributed by atoms with Gasteiger partial charge in [-0.05, 0) is 31.0 Å². The summed E-state index contributed by atoms with van der Waals surface area (Å²) in [5, 5.41) is 26.2. The van der Waals surface area contributed by atoms with E-state index in [9.17, 15) is 15.0 Å². The predicted octanol–water partition coefficient (Wildman–Crippen LogP) is 1.00. The average Bonchev–Trinajstić information content (AvgIpc) is 3.00. The first kappa shape index (κ1) is 16.0. The van der Waals surface area contributed by atoms with E-state index in [0.29, 0.717) is 24.9 Å². The lowest BCUT2D eigenvalue weighted by atomic mass is 10.0. The largest absolute Gasteiger partial charge is 0.508 e. The van der Waals surface area contributed by atoms with Gasteiger partial charge in [-0.25, -0.2) is 4.98 Å². The number of nitrogens with zero attached hydrogens (tertiary/aromatic N) is 3. The van der Waals surface area contributed by atoms with Gasteiger partial charge in [0.05, 0.1) is 12.1 Å². The number of hydrogen-bond donors (Lipinski definition) is 3. The number of aromatic nitrogens is 3. The second-order valence-corrected chi connectivity index (χ2v) is 5.15. The van der Waals surface area contributed by atoms with Gasteiger partial charge in [-0.1, -0.05) is 12.1 Å². The molecular weight excluding hydrogens is 284 g/mol. The number of nitrogens with one attached hydrogen (secondary N) is 1. The van der Waals surface area contributed by atoms with Crippen LogP contribution < -0.4 is 5.32 Å². The molecule has 0 fully saturated rings. The van der Waals surface area contributed by atoms with Crippen LogP contribution in [-0.4, -0.2) is 36.9 Å². The fourth-order valence-electron chi connectivity index (χ4n) is 2.12. The molecule has 2 rings (SSSR count). The maximum Gasteiger partial charge on any atom is 0.220 e. The molecule has 1 heterocycles. The van der Waals surface area contributed by atoms with Crippen LogP contribution in [-0.2, 0) is 11.3 Å². The van der Waals surface area contributed by atoms with E-state index < -0.39 is 12.1 Å². The fraction of sp³-hybridized carbons (Fsp3) is 0.400. The maximum absolute atomic E-state index is 11.9. The summed E-state index contributed by atoms with van der Waals surface area (Å²) in [5.74, 6) is 0.0196. The van der Waals surface area contributed by atoms with Crippen molar-refractivity contribution in [2.45, 2.75) is 38.5 Å². The molecular formula is C15H20N4O3. The minimum absolute atomic E-state index is 0.120. The Morgan fingerprint density at radius 3 is 2.73 bits per heavy atom. The first-order chi connectivity index (χ1) is 10.6. The molecule has 2 atom stereocenters. The van der Waals surface area contributed by atoms with E-state index in [-0.39, 0.29) is 11.7 Å². The van der Waals surface area contributed by atoms with Crippen molar-refractivity contribution in [1.29, 1.82) is 0 Å². The monoisotopic (exact) mass is 304 g/mol. The quantitative estimate of drug-likeness (QED) is 0.708. The summed E-state index contributed by atoms with van der Waals surface area (Å²) < 4.78 is 1.67. The number of rotatable bonds is 7. The summed E-state index contributed by atoms with van der Waals surface area (Å²) >= 11 is 0. The summed E-state index contributed by atoms with van der Waals surface area (Å²) in [7, 11) is 0. The Kier molecular flexibility index (Phi) is 5.48. The molecule has 7 nitrogen and oxygen atoms in total. The molecule has 7 heteroatoms. The normalized spacial score (nSPS) is 13.5. The Morgan fingerprint density at radius 2 is 2.09 bits per heavy atom. The van der Waals surface area contributed by atoms with Gasteiger partial charge in [0.25, 0.3) is 0 Å². The number of hydrogen-bond acceptors (Lipinski definition) is 5. The molecule has 0 spiro atoms. The first-order valence-electron chi connectivity index (χ1n) is 7.15. The minimum Gasteiger partial charge on any atom is -0.508 e. The van der Waals surface area contributed by atoms with Gasteiger partial charge in [0.2, 0.25) is 5.91 Å². The topological polar surface area (TPSA) is 100 Å². The fourth-order valence-corrected chi connectivity index (χ4v) is 2.12. The summed E-state index contributed by atoms with van der Waals surface area (Å²) in [6, 6.07) is 5.86. The van der Waals surface area contributed by atoms with E-state index in [2.05, 4.69) is 15.4 Å². The molecule has 0 radical (unpaired) electrons. The standard InChI is InChI=1S/C15H20N4O3/c1-11(15(22)12-4-6-13(20)7-5-12)18-14(21)3-2-8-19-10-16-9-17-19/h4-7,9-11,15,20,22H,2-3,8H2,1H3,(H,18,21). The summed E-state index contributed by atoms with van der Waals surface area (Å²) in [5.41, 5.74) is 0.646. The number of aliphatic hydroxyl groups is 1. The number of aliphatic hydroxyl groups excluding tert-OH is 1. The Labute approximate surface area is 128 Å². The van der Waals surface area contributed by atoms with Crippen LogP contribution in [0.25, 0.3) is 0 Å². The van der Waals surface area contributed by atoms with E-state index in [0.717, 1.165) is 0 Å². The first-order valence-corrected chi connectivity index (χ1v) is 7.15. The maximum atomic E-state index is 11.9. The number of phenols is 1. The zero-order chi connectivity index (χ0) is 15.9. The van der Waals surface area contributed by atoms with E-state index in [1.165, 1.54) is 18.5 Å². The highest BCUT2D eigenvalue weighted by Crippen LogP contribution is 2.19. The molecule has 0 bridgehead atoms. The Morgan fingerprint density at radius 1 is 1.36 bits per heavy atom. The van der Waals surface area contributed by atoms with Crippen LogP contribution in [0.3, 0.4) is 0 Å². The van der Waals surface area contributed by atoms with Gasteiger partial charge in [-0.2, -0.15) is 5.10 Å². The zero-order valence-electron chi connectivity index (χ0n) is 12.4. The molecule has 1 aromatic heterocycles. The highest BCUT2D eigenvalue weighted by atomic mass is 16.3. The molecule has 1 amide bonds. The van der Waals surface area contributed by atoms with Crippen molar-refractivity contribution in [3.05, 3.63) is 42.5 Å². The van der Waals surface area contributed by atoms with Gasteiger partial charge in [-0.3, -0.25) is 9.48 Å². The lowest BCUT2D eigenvalue weighted by molar-refractivity contribution is -0.122. The average molecular weight is 304 g/mol. The van der Waals surface area contributed by atoms with Crippen LogP contribution in [0.1, 0.15) is 31.4 Å². The number of aromatic hydroxyl groups is 1. The van der Waals surface area contributed by atoms with Gasteiger partial charge in [0.1, 0.15) is 18.4 Å². The molecule has 0 saturated carbocycles. The van der Waals surface area contributed by atoms with E-state index >= 15 is 0 Å². The van der Waals surface area contributed by atoms with E-state index in [4.69, 9.17) is 0 Å². The predicted molar refractivity (Wildman–Crippen MR) is 79.9 cm³/mol. The SMILES string of the molecule is CC(NC(=O)CCCn1cncn1)C(O)c1ccc(O)cc1. The third kappa shape index (κ3) is 4.56. The van der Waals surface area contributed by atoms with Gasteiger partial charge in [0.15, 0.2) is 0 Å². The molecule has 0 aliphatic heterocycles. The van der Waals surface area contributed by atoms with Crippen molar-refractivity contribution in [3.8, 4) is 5.75 Å². The number of amides is 1.